The second-order valence-electron chi connectivity index (χ2n) is 20.0. The minimum Gasteiger partial charge on any atom is -0.508 e. The molecule has 18 heteroatoms. The average Bonchev–Trinajstić information content (AvgIpc) is 3.86. The molecule has 6 atom stereocenters. The van der Waals surface area contributed by atoms with Crippen molar-refractivity contribution in [3.63, 3.8) is 0 Å². The highest BCUT2D eigenvalue weighted by atomic mass is 35.5. The van der Waals surface area contributed by atoms with E-state index in [1.165, 1.54) is 21.9 Å². The number of nitrogens with one attached hydrogen (secondary N) is 2. The normalized spacial score (nSPS) is 22.0. The van der Waals surface area contributed by atoms with Crippen LogP contribution in [0.2, 0.25) is 0 Å². The Balaban J connectivity index is 1.22. The number of aromatic hydroxyl groups is 1. The number of carbonyl (C=O) groups excluding carboxylic acids is 5. The molecule has 6 bridgehead atoms. The molecule has 0 saturated carbocycles. The fourth-order valence-corrected chi connectivity index (χ4v) is 10.6. The van der Waals surface area contributed by atoms with Gasteiger partial charge >= 0.3 is 5.97 Å². The summed E-state index contributed by atoms with van der Waals surface area (Å²) in [6, 6.07) is 10.0. The van der Waals surface area contributed by atoms with Gasteiger partial charge < -0.3 is 39.0 Å². The molecule has 4 aliphatic heterocycles. The maximum atomic E-state index is 14.8. The van der Waals surface area contributed by atoms with Crippen molar-refractivity contribution in [2.75, 3.05) is 47.0 Å². The summed E-state index contributed by atoms with van der Waals surface area (Å²) in [5.41, 5.74) is 6.81. The quantitative estimate of drug-likeness (QED) is 0.131. The monoisotopic (exact) mass is 971 g/mol. The number of aromatic nitrogens is 2. The molecule has 0 radical (unpaired) electrons. The first-order chi connectivity index (χ1) is 32.8. The number of likely N-dealkylation sites (N-methyl/N-ethyl adjacent to an activating group) is 1. The molecule has 4 aliphatic rings. The maximum Gasteiger partial charge on any atom is 0.324 e. The number of aryl methyl sites for hydroxylation is 1. The van der Waals surface area contributed by atoms with Crippen LogP contribution in [0.15, 0.2) is 48.7 Å². The topological polar surface area (TPSA) is 185 Å². The van der Waals surface area contributed by atoms with E-state index in [1.54, 1.807) is 39.3 Å². The molecule has 0 unspecified atom stereocenters. The predicted octanol–water partition coefficient (Wildman–Crippen LogP) is 6.08. The van der Waals surface area contributed by atoms with Gasteiger partial charge in [0.25, 0.3) is 17.4 Å². The minimum absolute atomic E-state index is 0.0434. The van der Waals surface area contributed by atoms with E-state index in [0.717, 1.165) is 45.4 Å². The van der Waals surface area contributed by atoms with E-state index < -0.39 is 70.6 Å². The zero-order chi connectivity index (χ0) is 49.5. The number of hydrazine groups is 1. The Bertz CT molecular complexity index is 2640. The van der Waals surface area contributed by atoms with E-state index >= 15 is 0 Å². The van der Waals surface area contributed by atoms with Gasteiger partial charge in [-0.3, -0.25) is 34.0 Å². The lowest BCUT2D eigenvalue weighted by molar-refractivity contribution is -0.155. The van der Waals surface area contributed by atoms with E-state index in [4.69, 9.17) is 30.8 Å². The second kappa shape index (κ2) is 20.3. The Hall–Kier alpha value is -5.78. The third-order valence-electron chi connectivity index (χ3n) is 13.9. The second-order valence-corrected chi connectivity index (χ2v) is 20.4. The standard InChI is InChI=1S/C51H63ClFN7O9/c1-28(2)42(57(6)47(63)31-13-17-58(26-31)49(65)45(52)53)46(62)55-39-21-30-19-32(22-34(61)20-30)33-23-36-37(25-51(4,5)27-69-50(66)38-12-9-16-60(56-38)48(39)64)43(35-11-8-14-54-41(35)29(3)67-7)59-15-10-18-68-40(24-33)44(36)59/h8,11,14,19-20,22-24,28-29,31,38-39,42,45,56,61H,9-10,12-13,15-18,21,25-27H2,1-7H3,(H,55,62)/t29-,31-,38-,39-,42-,45-/m0/s1. The number of cyclic esters (lactones) is 1. The number of nitrogens with zero attached hydrogens (tertiary/aromatic N) is 5. The number of ether oxygens (including phenoxy) is 3. The smallest absolute Gasteiger partial charge is 0.324 e. The van der Waals surface area contributed by atoms with Crippen LogP contribution in [0.5, 0.6) is 11.5 Å². The van der Waals surface area contributed by atoms with Gasteiger partial charge in [0.1, 0.15) is 29.6 Å². The van der Waals surface area contributed by atoms with Crippen molar-refractivity contribution in [2.24, 2.45) is 17.3 Å². The van der Waals surface area contributed by atoms with Crippen LogP contribution in [-0.2, 0) is 52.8 Å². The molecule has 2 fully saturated rings. The van der Waals surface area contributed by atoms with Crippen molar-refractivity contribution in [1.82, 2.24) is 35.1 Å². The molecule has 69 heavy (non-hydrogen) atoms. The molecule has 8 rings (SSSR count). The van der Waals surface area contributed by atoms with Crippen molar-refractivity contribution in [1.29, 1.82) is 0 Å². The number of carbonyl (C=O) groups is 5. The molecule has 4 aromatic rings. The summed E-state index contributed by atoms with van der Waals surface area (Å²) in [5.74, 6) is -3.48. The lowest BCUT2D eigenvalue weighted by Crippen LogP contribution is -2.62. The molecular formula is C51H63ClFN7O9. The number of amides is 4. The summed E-state index contributed by atoms with van der Waals surface area (Å²) in [4.78, 5) is 76.9. The lowest BCUT2D eigenvalue weighted by atomic mass is 9.84. The van der Waals surface area contributed by atoms with Crippen LogP contribution in [0.4, 0.5) is 4.39 Å². The number of pyridine rings is 1. The largest absolute Gasteiger partial charge is 0.508 e. The van der Waals surface area contributed by atoms with Gasteiger partial charge in [-0.15, -0.1) is 0 Å². The van der Waals surface area contributed by atoms with Crippen LogP contribution in [0.1, 0.15) is 83.2 Å². The van der Waals surface area contributed by atoms with Crippen molar-refractivity contribution in [3.05, 3.63) is 65.5 Å². The fraction of sp³-hybridized carbons (Fsp3) is 0.529. The van der Waals surface area contributed by atoms with Crippen LogP contribution in [0, 0.1) is 17.3 Å². The molecule has 2 aromatic carbocycles. The zero-order valence-corrected chi connectivity index (χ0v) is 41.1. The Kier molecular flexibility index (Phi) is 14.6. The molecule has 370 valence electrons. The number of alkyl halides is 2. The van der Waals surface area contributed by atoms with Gasteiger partial charge in [-0.05, 0) is 104 Å². The highest BCUT2D eigenvalue weighted by molar-refractivity contribution is 6.29. The van der Waals surface area contributed by atoms with Crippen LogP contribution in [0.25, 0.3) is 33.3 Å². The Morgan fingerprint density at radius 3 is 2.55 bits per heavy atom. The molecule has 2 aromatic heterocycles. The number of fused-ring (bicyclic) bond motifs is 6. The molecular weight excluding hydrogens is 909 g/mol. The highest BCUT2D eigenvalue weighted by Gasteiger charge is 2.41. The number of benzene rings is 2. The van der Waals surface area contributed by atoms with Crippen molar-refractivity contribution < 1.29 is 47.7 Å². The fourth-order valence-electron chi connectivity index (χ4n) is 10.5. The van der Waals surface area contributed by atoms with Gasteiger partial charge in [0, 0.05) is 69.3 Å². The summed E-state index contributed by atoms with van der Waals surface area (Å²) < 4.78 is 34.5. The summed E-state index contributed by atoms with van der Waals surface area (Å²) in [6.07, 6.45) is 3.75. The zero-order valence-electron chi connectivity index (χ0n) is 40.4. The Morgan fingerprint density at radius 2 is 1.81 bits per heavy atom. The summed E-state index contributed by atoms with van der Waals surface area (Å²) in [7, 11) is 3.16. The molecule has 0 aliphatic carbocycles. The summed E-state index contributed by atoms with van der Waals surface area (Å²) in [6.45, 7) is 11.2. The van der Waals surface area contributed by atoms with Crippen LogP contribution in [0.3, 0.4) is 0 Å². The molecule has 4 amide bonds. The van der Waals surface area contributed by atoms with Crippen molar-refractivity contribution in [2.45, 2.75) is 110 Å². The van der Waals surface area contributed by atoms with Gasteiger partial charge in [0.2, 0.25) is 11.8 Å². The van der Waals surface area contributed by atoms with Gasteiger partial charge in [-0.1, -0.05) is 45.4 Å². The number of esters is 1. The van der Waals surface area contributed by atoms with Crippen LogP contribution in [-0.4, -0.2) is 130 Å². The number of hydrogen-bond acceptors (Lipinski definition) is 11. The first-order valence-corrected chi connectivity index (χ1v) is 24.3. The van der Waals surface area contributed by atoms with Crippen LogP contribution < -0.4 is 15.5 Å². The van der Waals surface area contributed by atoms with Crippen molar-refractivity contribution in [3.8, 4) is 33.9 Å². The van der Waals surface area contributed by atoms with E-state index in [2.05, 4.69) is 41.3 Å². The van der Waals surface area contributed by atoms with Gasteiger partial charge in [-0.25, -0.2) is 9.82 Å². The first-order valence-electron chi connectivity index (χ1n) is 23.9. The van der Waals surface area contributed by atoms with E-state index in [0.29, 0.717) is 49.3 Å². The number of phenols is 1. The number of phenolic OH excluding ortho intramolecular Hbond substituents is 1. The van der Waals surface area contributed by atoms with Gasteiger partial charge in [-0.2, -0.15) is 0 Å². The average molecular weight is 973 g/mol. The Morgan fingerprint density at radius 1 is 1.04 bits per heavy atom. The highest BCUT2D eigenvalue weighted by Crippen LogP contribution is 2.46. The molecule has 3 N–H and O–H groups in total. The lowest BCUT2D eigenvalue weighted by Gasteiger charge is -2.37. The summed E-state index contributed by atoms with van der Waals surface area (Å²) in [5, 5.41) is 16.7. The van der Waals surface area contributed by atoms with Gasteiger partial charge in [0.05, 0.1) is 42.1 Å². The summed E-state index contributed by atoms with van der Waals surface area (Å²) >= 11 is 5.42. The minimum atomic E-state index is -2.23. The van der Waals surface area contributed by atoms with Crippen molar-refractivity contribution >= 4 is 52.1 Å². The van der Waals surface area contributed by atoms with E-state index in [-0.39, 0.29) is 50.9 Å². The molecule has 0 spiro atoms. The Labute approximate surface area is 406 Å². The number of rotatable bonds is 9. The van der Waals surface area contributed by atoms with E-state index in [1.807, 2.05) is 25.1 Å². The first kappa shape index (κ1) is 49.6. The molecule has 2 saturated heterocycles. The number of likely N-dealkylation sites (tertiary alicyclic amines) is 1. The molecule has 6 heterocycles. The SMILES string of the molecule is CO[C@@H](C)c1ncccc1-c1c2c3cc(cc4c3n1CCCO4)-c1cc(O)cc(c1)C[C@H](NC(=O)[C@H](C(C)C)N(C)C(=O)[C@H]1CCN(C(=O)[C@H](F)Cl)C1)C(=O)N1CCC[C@H](N1)C(=O)OCC(C)(C)C2. The maximum absolute atomic E-state index is 14.8. The number of methoxy groups -OCH3 is 1. The number of hydrogen-bond donors (Lipinski definition) is 3. The van der Waals surface area contributed by atoms with E-state index in [9.17, 15) is 33.5 Å². The molecule has 16 nitrogen and oxygen atoms in total. The number of halogens is 2. The third-order valence-corrected chi connectivity index (χ3v) is 14.1. The van der Waals surface area contributed by atoms with Gasteiger partial charge in [0.15, 0.2) is 0 Å². The third kappa shape index (κ3) is 10.3. The predicted molar refractivity (Wildman–Crippen MR) is 257 cm³/mol. The van der Waals surface area contributed by atoms with Crippen LogP contribution >= 0.6 is 11.6 Å².